The Kier molecular flexibility index (Phi) is 5.35. The van der Waals surface area contributed by atoms with Crippen molar-refractivity contribution >= 4 is 18.6 Å². The van der Waals surface area contributed by atoms with Crippen LogP contribution in [0.2, 0.25) is 0 Å². The molecule has 0 saturated carbocycles. The number of aliphatic hydroxyl groups excluding tert-OH is 1. The fourth-order valence-electron chi connectivity index (χ4n) is 1.26. The molecule has 0 heterocycles. The summed E-state index contributed by atoms with van der Waals surface area (Å²) < 4.78 is 16.5. The van der Waals surface area contributed by atoms with Gasteiger partial charge in [0.1, 0.15) is 6.61 Å². The predicted molar refractivity (Wildman–Crippen MR) is 63.4 cm³/mol. The second-order valence-electron chi connectivity index (χ2n) is 3.45. The summed E-state index contributed by atoms with van der Waals surface area (Å²) in [7, 11) is -3.49. The molecule has 1 atom stereocenters. The first kappa shape index (κ1) is 13.9. The van der Waals surface area contributed by atoms with E-state index in [2.05, 4.69) is 4.74 Å². The minimum absolute atomic E-state index is 0.0834. The highest BCUT2D eigenvalue weighted by Gasteiger charge is 2.22. The number of carbonyl (C=O) groups excluding carboxylic acids is 1. The van der Waals surface area contributed by atoms with Crippen LogP contribution in [0.1, 0.15) is 6.42 Å². The number of hydrogen-bond acceptors (Lipinski definition) is 4. The zero-order chi connectivity index (χ0) is 12.7. The lowest BCUT2D eigenvalue weighted by Crippen LogP contribution is -2.13. The van der Waals surface area contributed by atoms with Crippen LogP contribution in [0.15, 0.2) is 30.3 Å². The molecule has 0 aliphatic carbocycles. The molecular formula is C11H15O5P. The maximum absolute atomic E-state index is 11.9. The molecule has 0 amide bonds. The molecule has 17 heavy (non-hydrogen) atoms. The van der Waals surface area contributed by atoms with Crippen molar-refractivity contribution in [3.05, 3.63) is 30.3 Å². The molecule has 0 bridgehead atoms. The largest absolute Gasteiger partial charge is 0.463 e. The monoisotopic (exact) mass is 258 g/mol. The highest BCUT2D eigenvalue weighted by Crippen LogP contribution is 2.39. The maximum Gasteiger partial charge on any atom is 0.306 e. The normalized spacial score (nSPS) is 14.0. The second-order valence-corrected chi connectivity index (χ2v) is 5.82. The number of ether oxygens (including phenoxy) is 1. The fourth-order valence-corrected chi connectivity index (χ4v) is 2.65. The molecule has 0 fully saturated rings. The smallest absolute Gasteiger partial charge is 0.306 e. The number of carbonyl (C=O) groups is 1. The van der Waals surface area contributed by atoms with Crippen molar-refractivity contribution < 1.29 is 24.1 Å². The second kappa shape index (κ2) is 6.55. The first-order chi connectivity index (χ1) is 8.06. The molecule has 1 aromatic rings. The molecule has 1 unspecified atom stereocenters. The van der Waals surface area contributed by atoms with E-state index in [0.29, 0.717) is 5.30 Å². The third-order valence-corrected chi connectivity index (χ3v) is 4.07. The highest BCUT2D eigenvalue weighted by atomic mass is 31.2. The van der Waals surface area contributed by atoms with Crippen LogP contribution >= 0.6 is 7.37 Å². The molecule has 0 aliphatic heterocycles. The van der Waals surface area contributed by atoms with Gasteiger partial charge in [0.2, 0.25) is 7.37 Å². The molecule has 94 valence electrons. The van der Waals surface area contributed by atoms with Crippen molar-refractivity contribution in [2.45, 2.75) is 6.42 Å². The van der Waals surface area contributed by atoms with Crippen LogP contribution in [0, 0.1) is 0 Å². The molecule has 0 aromatic heterocycles. The van der Waals surface area contributed by atoms with Crippen LogP contribution in [0.4, 0.5) is 0 Å². The molecule has 1 aromatic carbocycles. The first-order valence-electron chi connectivity index (χ1n) is 5.20. The standard InChI is InChI=1S/C11H15O5P/c12-7-8-16-11(13)6-9-17(14,15)10-4-2-1-3-5-10/h1-5,12H,6-9H2,(H,14,15). The fraction of sp³-hybridized carbons (Fsp3) is 0.364. The number of aliphatic hydroxyl groups is 1. The Morgan fingerprint density at radius 1 is 1.29 bits per heavy atom. The number of hydrogen-bond donors (Lipinski definition) is 2. The van der Waals surface area contributed by atoms with E-state index in [4.69, 9.17) is 5.11 Å². The van der Waals surface area contributed by atoms with Gasteiger partial charge in [-0.25, -0.2) is 0 Å². The molecule has 2 N–H and O–H groups in total. The Morgan fingerprint density at radius 3 is 2.53 bits per heavy atom. The van der Waals surface area contributed by atoms with Crippen molar-refractivity contribution in [2.75, 3.05) is 19.4 Å². The van der Waals surface area contributed by atoms with Crippen molar-refractivity contribution in [3.8, 4) is 0 Å². The van der Waals surface area contributed by atoms with E-state index >= 15 is 0 Å². The Bertz CT molecular complexity index is 404. The zero-order valence-electron chi connectivity index (χ0n) is 9.28. The summed E-state index contributed by atoms with van der Waals surface area (Å²) in [5.74, 6) is -0.579. The van der Waals surface area contributed by atoms with Gasteiger partial charge in [-0.1, -0.05) is 18.2 Å². The van der Waals surface area contributed by atoms with Gasteiger partial charge in [0.25, 0.3) is 0 Å². The Hall–Kier alpha value is -1.16. The van der Waals surface area contributed by atoms with Crippen molar-refractivity contribution in [1.29, 1.82) is 0 Å². The van der Waals surface area contributed by atoms with Gasteiger partial charge in [-0.05, 0) is 12.1 Å². The van der Waals surface area contributed by atoms with Crippen molar-refractivity contribution in [3.63, 3.8) is 0 Å². The average Bonchev–Trinajstić information content (AvgIpc) is 2.35. The van der Waals surface area contributed by atoms with Gasteiger partial charge < -0.3 is 14.7 Å². The van der Waals surface area contributed by atoms with Crippen LogP contribution < -0.4 is 5.30 Å². The zero-order valence-corrected chi connectivity index (χ0v) is 10.2. The molecule has 0 aliphatic rings. The molecule has 1 rings (SSSR count). The summed E-state index contributed by atoms with van der Waals surface area (Å²) in [4.78, 5) is 20.9. The van der Waals surface area contributed by atoms with Crippen LogP contribution in [0.3, 0.4) is 0 Å². The summed E-state index contributed by atoms with van der Waals surface area (Å²) in [6.45, 7) is -0.332. The minimum atomic E-state index is -3.49. The SMILES string of the molecule is O=C(CCP(=O)(O)c1ccccc1)OCCO. The van der Waals surface area contributed by atoms with E-state index in [1.165, 1.54) is 0 Å². The quantitative estimate of drug-likeness (QED) is 0.573. The predicted octanol–water partition coefficient (Wildman–Crippen LogP) is 0.508. The third kappa shape index (κ3) is 4.69. The summed E-state index contributed by atoms with van der Waals surface area (Å²) in [5.41, 5.74) is 0. The number of benzene rings is 1. The van der Waals surface area contributed by atoms with Gasteiger partial charge >= 0.3 is 5.97 Å². The Morgan fingerprint density at radius 2 is 1.94 bits per heavy atom. The van der Waals surface area contributed by atoms with Crippen molar-refractivity contribution in [2.24, 2.45) is 0 Å². The number of esters is 1. The molecule has 0 saturated heterocycles. The van der Waals surface area contributed by atoms with E-state index in [1.54, 1.807) is 30.3 Å². The molecule has 0 spiro atoms. The van der Waals surface area contributed by atoms with E-state index in [0.717, 1.165) is 0 Å². The van der Waals surface area contributed by atoms with Gasteiger partial charge in [-0.15, -0.1) is 0 Å². The summed E-state index contributed by atoms with van der Waals surface area (Å²) in [6, 6.07) is 8.20. The van der Waals surface area contributed by atoms with Gasteiger partial charge in [0.15, 0.2) is 0 Å². The van der Waals surface area contributed by atoms with E-state index < -0.39 is 13.3 Å². The Labute approximate surface area is 99.5 Å². The van der Waals surface area contributed by atoms with Gasteiger partial charge in [0.05, 0.1) is 13.0 Å². The summed E-state index contributed by atoms with van der Waals surface area (Å²) in [5, 5.41) is 8.77. The minimum Gasteiger partial charge on any atom is -0.463 e. The average molecular weight is 258 g/mol. The third-order valence-electron chi connectivity index (χ3n) is 2.13. The lowest BCUT2D eigenvalue weighted by molar-refractivity contribution is -0.144. The summed E-state index contributed by atoms with van der Waals surface area (Å²) >= 11 is 0. The summed E-state index contributed by atoms with van der Waals surface area (Å²) in [6.07, 6.45) is -0.288. The number of rotatable bonds is 6. The van der Waals surface area contributed by atoms with E-state index in [9.17, 15) is 14.3 Å². The topological polar surface area (TPSA) is 83.8 Å². The van der Waals surface area contributed by atoms with Crippen LogP contribution in [0.5, 0.6) is 0 Å². The molecular weight excluding hydrogens is 243 g/mol. The highest BCUT2D eigenvalue weighted by molar-refractivity contribution is 7.66. The van der Waals surface area contributed by atoms with Crippen LogP contribution in [-0.2, 0) is 14.1 Å². The van der Waals surface area contributed by atoms with Gasteiger partial charge in [-0.2, -0.15) is 0 Å². The maximum atomic E-state index is 11.9. The lowest BCUT2D eigenvalue weighted by Gasteiger charge is -2.11. The van der Waals surface area contributed by atoms with E-state index in [-0.39, 0.29) is 25.8 Å². The van der Waals surface area contributed by atoms with Gasteiger partial charge in [-0.3, -0.25) is 9.36 Å². The van der Waals surface area contributed by atoms with E-state index in [1.807, 2.05) is 0 Å². The first-order valence-corrected chi connectivity index (χ1v) is 7.04. The van der Waals surface area contributed by atoms with Crippen molar-refractivity contribution in [1.82, 2.24) is 0 Å². The van der Waals surface area contributed by atoms with Crippen LogP contribution in [-0.4, -0.2) is 35.3 Å². The molecule has 0 radical (unpaired) electrons. The van der Waals surface area contributed by atoms with Crippen LogP contribution in [0.25, 0.3) is 0 Å². The Balaban J connectivity index is 2.51. The lowest BCUT2D eigenvalue weighted by atomic mass is 10.4. The molecule has 6 heteroatoms. The van der Waals surface area contributed by atoms with Gasteiger partial charge in [0, 0.05) is 11.5 Å². The molecule has 5 nitrogen and oxygen atoms in total.